The van der Waals surface area contributed by atoms with Gasteiger partial charge in [0.2, 0.25) is 5.88 Å². The first-order valence-electron chi connectivity index (χ1n) is 4.45. The number of aromatic nitrogens is 4. The minimum Gasteiger partial charge on any atom is -0.435 e. The topological polar surface area (TPSA) is 52.8 Å². The lowest BCUT2D eigenvalue weighted by Crippen LogP contribution is -1.93. The second-order valence-corrected chi connectivity index (χ2v) is 3.97. The molecule has 0 atom stereocenters. The van der Waals surface area contributed by atoms with Crippen molar-refractivity contribution < 1.29 is 4.74 Å². The highest BCUT2D eigenvalue weighted by atomic mass is 127. The van der Waals surface area contributed by atoms with E-state index >= 15 is 0 Å². The fourth-order valence-electron chi connectivity index (χ4n) is 1.06. The van der Waals surface area contributed by atoms with E-state index in [9.17, 15) is 0 Å². The molecule has 0 spiro atoms. The Hall–Kier alpha value is -1.18. The first-order valence-corrected chi connectivity index (χ1v) is 5.53. The standard InChI is InChI=1S/C9H9IN4O/c1-2-14-5-7(3-13-14)15-9-8(10)4-11-6-12-9/h3-6H,2H2,1H3. The van der Waals surface area contributed by atoms with E-state index in [0.29, 0.717) is 11.6 Å². The molecule has 0 radical (unpaired) electrons. The maximum Gasteiger partial charge on any atom is 0.235 e. The predicted molar refractivity (Wildman–Crippen MR) is 62.7 cm³/mol. The van der Waals surface area contributed by atoms with Crippen LogP contribution in [0.2, 0.25) is 0 Å². The first-order chi connectivity index (χ1) is 7.29. The molecule has 0 bridgehead atoms. The molecule has 0 saturated carbocycles. The number of hydrogen-bond acceptors (Lipinski definition) is 4. The highest BCUT2D eigenvalue weighted by molar-refractivity contribution is 14.1. The van der Waals surface area contributed by atoms with E-state index in [0.717, 1.165) is 10.1 Å². The van der Waals surface area contributed by atoms with E-state index in [1.54, 1.807) is 17.1 Å². The Morgan fingerprint density at radius 2 is 2.33 bits per heavy atom. The van der Waals surface area contributed by atoms with Crippen LogP contribution in [0.4, 0.5) is 0 Å². The zero-order valence-electron chi connectivity index (χ0n) is 8.09. The van der Waals surface area contributed by atoms with Crippen LogP contribution in [0.3, 0.4) is 0 Å². The Morgan fingerprint density at radius 3 is 3.00 bits per heavy atom. The van der Waals surface area contributed by atoms with Gasteiger partial charge in [-0.1, -0.05) is 0 Å². The Morgan fingerprint density at radius 1 is 1.47 bits per heavy atom. The van der Waals surface area contributed by atoms with Crippen LogP contribution in [0, 0.1) is 3.57 Å². The average molecular weight is 316 g/mol. The first kappa shape index (κ1) is 10.3. The number of aryl methyl sites for hydroxylation is 1. The average Bonchev–Trinajstić information content (AvgIpc) is 2.69. The van der Waals surface area contributed by atoms with E-state index in [-0.39, 0.29) is 0 Å². The number of rotatable bonds is 3. The van der Waals surface area contributed by atoms with Gasteiger partial charge in [0.25, 0.3) is 0 Å². The van der Waals surface area contributed by atoms with Crippen LogP contribution in [0.15, 0.2) is 24.9 Å². The minimum absolute atomic E-state index is 0.557. The zero-order valence-corrected chi connectivity index (χ0v) is 10.2. The molecular weight excluding hydrogens is 307 g/mol. The van der Waals surface area contributed by atoms with Gasteiger partial charge < -0.3 is 4.74 Å². The second kappa shape index (κ2) is 4.56. The second-order valence-electron chi connectivity index (χ2n) is 2.81. The van der Waals surface area contributed by atoms with Crippen LogP contribution in [0.25, 0.3) is 0 Å². The molecule has 0 unspecified atom stereocenters. The Labute approximate surface area is 101 Å². The van der Waals surface area contributed by atoms with E-state index < -0.39 is 0 Å². The molecule has 0 fully saturated rings. The van der Waals surface area contributed by atoms with E-state index in [1.165, 1.54) is 6.33 Å². The molecule has 0 aliphatic carbocycles. The lowest BCUT2D eigenvalue weighted by molar-refractivity contribution is 0.456. The maximum atomic E-state index is 5.55. The molecule has 2 heterocycles. The van der Waals surface area contributed by atoms with Crippen molar-refractivity contribution in [2.24, 2.45) is 0 Å². The van der Waals surface area contributed by atoms with Gasteiger partial charge >= 0.3 is 0 Å². The molecule has 6 heteroatoms. The summed E-state index contributed by atoms with van der Waals surface area (Å²) in [6, 6.07) is 0. The van der Waals surface area contributed by atoms with Gasteiger partial charge in [-0.3, -0.25) is 4.68 Å². The number of nitrogens with zero attached hydrogens (tertiary/aromatic N) is 4. The third-order valence-electron chi connectivity index (χ3n) is 1.78. The largest absolute Gasteiger partial charge is 0.435 e. The Balaban J connectivity index is 2.18. The van der Waals surface area contributed by atoms with Crippen LogP contribution >= 0.6 is 22.6 Å². The quantitative estimate of drug-likeness (QED) is 0.814. The summed E-state index contributed by atoms with van der Waals surface area (Å²) in [5, 5.41) is 4.11. The number of ether oxygens (including phenoxy) is 1. The Bertz CT molecular complexity index is 457. The number of hydrogen-bond donors (Lipinski definition) is 0. The van der Waals surface area contributed by atoms with E-state index in [2.05, 4.69) is 37.7 Å². The van der Waals surface area contributed by atoms with Crippen molar-refractivity contribution in [3.8, 4) is 11.6 Å². The van der Waals surface area contributed by atoms with Crippen molar-refractivity contribution in [3.05, 3.63) is 28.5 Å². The smallest absolute Gasteiger partial charge is 0.235 e. The third-order valence-corrected chi connectivity index (χ3v) is 2.52. The fraction of sp³-hybridized carbons (Fsp3) is 0.222. The molecule has 0 amide bonds. The molecule has 2 rings (SSSR count). The summed E-state index contributed by atoms with van der Waals surface area (Å²) >= 11 is 2.13. The van der Waals surface area contributed by atoms with Crippen LogP contribution in [0.5, 0.6) is 11.6 Å². The van der Waals surface area contributed by atoms with Gasteiger partial charge in [0, 0.05) is 12.7 Å². The van der Waals surface area contributed by atoms with Gasteiger partial charge in [-0.25, -0.2) is 9.97 Å². The summed E-state index contributed by atoms with van der Waals surface area (Å²) < 4.78 is 8.22. The maximum absolute atomic E-state index is 5.55. The summed E-state index contributed by atoms with van der Waals surface area (Å²) in [4.78, 5) is 7.92. The molecule has 2 aromatic rings. The fourth-order valence-corrected chi connectivity index (χ4v) is 1.47. The van der Waals surface area contributed by atoms with Gasteiger partial charge in [-0.05, 0) is 29.5 Å². The SMILES string of the molecule is CCn1cc(Oc2ncncc2I)cn1. The lowest BCUT2D eigenvalue weighted by Gasteiger charge is -2.01. The van der Waals surface area contributed by atoms with E-state index in [1.807, 2.05) is 13.1 Å². The van der Waals surface area contributed by atoms with Crippen molar-refractivity contribution in [2.75, 3.05) is 0 Å². The molecule has 0 aliphatic rings. The summed E-state index contributed by atoms with van der Waals surface area (Å²) in [7, 11) is 0. The lowest BCUT2D eigenvalue weighted by atomic mass is 10.6. The van der Waals surface area contributed by atoms with Gasteiger partial charge in [0.05, 0.1) is 16.0 Å². The molecule has 0 aliphatic heterocycles. The van der Waals surface area contributed by atoms with Gasteiger partial charge in [-0.2, -0.15) is 5.10 Å². The summed E-state index contributed by atoms with van der Waals surface area (Å²) in [5.74, 6) is 1.25. The molecule has 0 N–H and O–H groups in total. The highest BCUT2D eigenvalue weighted by Crippen LogP contribution is 2.22. The van der Waals surface area contributed by atoms with Crippen LogP contribution in [0.1, 0.15) is 6.92 Å². The summed E-state index contributed by atoms with van der Waals surface area (Å²) in [6.07, 6.45) is 6.66. The van der Waals surface area contributed by atoms with Gasteiger partial charge in [0.15, 0.2) is 5.75 Å². The molecule has 0 aromatic carbocycles. The van der Waals surface area contributed by atoms with Crippen molar-refractivity contribution in [2.45, 2.75) is 13.5 Å². The number of halogens is 1. The van der Waals surface area contributed by atoms with Crippen molar-refractivity contribution >= 4 is 22.6 Å². The van der Waals surface area contributed by atoms with E-state index in [4.69, 9.17) is 4.74 Å². The van der Waals surface area contributed by atoms with Crippen molar-refractivity contribution in [3.63, 3.8) is 0 Å². The monoisotopic (exact) mass is 316 g/mol. The van der Waals surface area contributed by atoms with Crippen molar-refractivity contribution in [1.82, 2.24) is 19.7 Å². The third kappa shape index (κ3) is 2.44. The van der Waals surface area contributed by atoms with Gasteiger partial charge in [0.1, 0.15) is 6.33 Å². The molecule has 15 heavy (non-hydrogen) atoms. The summed E-state index contributed by atoms with van der Waals surface area (Å²) in [5.41, 5.74) is 0. The van der Waals surface area contributed by atoms with Crippen LogP contribution in [-0.2, 0) is 6.54 Å². The molecule has 5 nitrogen and oxygen atoms in total. The van der Waals surface area contributed by atoms with Crippen LogP contribution < -0.4 is 4.74 Å². The normalized spacial score (nSPS) is 10.3. The molecule has 2 aromatic heterocycles. The zero-order chi connectivity index (χ0) is 10.7. The highest BCUT2D eigenvalue weighted by Gasteiger charge is 2.05. The Kier molecular flexibility index (Phi) is 3.14. The minimum atomic E-state index is 0.557. The molecule has 0 saturated heterocycles. The van der Waals surface area contributed by atoms with Gasteiger partial charge in [-0.15, -0.1) is 0 Å². The van der Waals surface area contributed by atoms with Crippen molar-refractivity contribution in [1.29, 1.82) is 0 Å². The molecular formula is C9H9IN4O. The molecule has 78 valence electrons. The predicted octanol–water partition coefficient (Wildman–Crippen LogP) is 2.09. The van der Waals surface area contributed by atoms with Crippen LogP contribution in [-0.4, -0.2) is 19.7 Å². The summed E-state index contributed by atoms with van der Waals surface area (Å²) in [6.45, 7) is 2.84.